The molecular weight excluding hydrogens is 473 g/mol. The molecule has 0 fully saturated rings. The molecule has 4 rings (SSSR count). The molecule has 4 aromatic rings. The minimum absolute atomic E-state index is 0.107. The number of ether oxygens (including phenoxy) is 1. The van der Waals surface area contributed by atoms with E-state index in [4.69, 9.17) is 32.4 Å². The average molecular weight is 496 g/mol. The molecule has 174 valence electrons. The van der Waals surface area contributed by atoms with Crippen molar-refractivity contribution in [1.82, 2.24) is 0 Å². The fourth-order valence-corrected chi connectivity index (χ4v) is 3.91. The number of rotatable bonds is 6. The second-order valence-electron chi connectivity index (χ2n) is 7.97. The van der Waals surface area contributed by atoms with E-state index in [9.17, 15) is 9.59 Å². The molecule has 3 aromatic carbocycles. The molecule has 1 atom stereocenters. The third-order valence-corrected chi connectivity index (χ3v) is 6.28. The molecule has 0 saturated carbocycles. The smallest absolute Gasteiger partial charge is 0.265 e. The first-order valence-electron chi connectivity index (χ1n) is 10.9. The van der Waals surface area contributed by atoms with E-state index < -0.39 is 17.4 Å². The Labute approximate surface area is 207 Å². The molecule has 0 saturated heterocycles. The van der Waals surface area contributed by atoms with E-state index in [1.54, 1.807) is 43.3 Å². The van der Waals surface area contributed by atoms with Crippen molar-refractivity contribution in [3.63, 3.8) is 0 Å². The lowest BCUT2D eigenvalue weighted by Gasteiger charge is -2.17. The summed E-state index contributed by atoms with van der Waals surface area (Å²) in [5.41, 5.74) is 2.95. The topological polar surface area (TPSA) is 68.5 Å². The van der Waals surface area contributed by atoms with Crippen LogP contribution in [0.1, 0.15) is 25.0 Å². The van der Waals surface area contributed by atoms with Gasteiger partial charge in [-0.25, -0.2) is 0 Å². The van der Waals surface area contributed by atoms with Crippen LogP contribution in [0.25, 0.3) is 22.3 Å². The number of amides is 1. The third kappa shape index (κ3) is 4.81. The Morgan fingerprint density at radius 2 is 1.76 bits per heavy atom. The maximum absolute atomic E-state index is 13.5. The number of nitrogens with one attached hydrogen (secondary N) is 1. The van der Waals surface area contributed by atoms with E-state index in [2.05, 4.69) is 12.2 Å². The number of hydrogen-bond acceptors (Lipinski definition) is 4. The minimum Gasteiger partial charge on any atom is -0.473 e. The normalized spacial score (nSPS) is 11.9. The van der Waals surface area contributed by atoms with E-state index in [0.717, 1.165) is 17.5 Å². The van der Waals surface area contributed by atoms with Crippen molar-refractivity contribution in [2.45, 2.75) is 33.3 Å². The van der Waals surface area contributed by atoms with Crippen molar-refractivity contribution in [3.8, 4) is 17.1 Å². The summed E-state index contributed by atoms with van der Waals surface area (Å²) in [4.78, 5) is 26.3. The van der Waals surface area contributed by atoms with Crippen LogP contribution in [-0.4, -0.2) is 12.0 Å². The van der Waals surface area contributed by atoms with Gasteiger partial charge in [-0.2, -0.15) is 0 Å². The summed E-state index contributed by atoms with van der Waals surface area (Å²) in [6, 6.07) is 17.7. The number of aryl methyl sites for hydroxylation is 2. The largest absolute Gasteiger partial charge is 0.473 e. The van der Waals surface area contributed by atoms with Crippen molar-refractivity contribution in [2.75, 3.05) is 5.32 Å². The molecule has 34 heavy (non-hydrogen) atoms. The first-order chi connectivity index (χ1) is 16.3. The van der Waals surface area contributed by atoms with Gasteiger partial charge >= 0.3 is 0 Å². The number of hydrogen-bond donors (Lipinski definition) is 1. The Bertz CT molecular complexity index is 1430. The molecule has 1 amide bonds. The van der Waals surface area contributed by atoms with Crippen molar-refractivity contribution in [3.05, 3.63) is 92.1 Å². The van der Waals surface area contributed by atoms with Crippen LogP contribution < -0.4 is 15.5 Å². The molecule has 1 unspecified atom stereocenters. The van der Waals surface area contributed by atoms with Gasteiger partial charge in [0.2, 0.25) is 11.2 Å². The maximum atomic E-state index is 13.5. The zero-order valence-corrected chi connectivity index (χ0v) is 20.5. The molecule has 0 aliphatic heterocycles. The Kier molecular flexibility index (Phi) is 6.96. The number of carbonyl (C=O) groups excluding carboxylic acids is 1. The summed E-state index contributed by atoms with van der Waals surface area (Å²) in [5.74, 6) is -0.364. The Hall–Kier alpha value is -3.28. The SMILES string of the molecule is CCc1ccc(NC(=O)C(C)Oc2c(-c3ccccc3Cl)oc3cc(C)c(Cl)cc3c2=O)cc1. The fraction of sp³-hybridized carbons (Fsp3) is 0.185. The van der Waals surface area contributed by atoms with Crippen LogP contribution in [-0.2, 0) is 11.2 Å². The summed E-state index contributed by atoms with van der Waals surface area (Å²) < 4.78 is 12.0. The van der Waals surface area contributed by atoms with Gasteiger partial charge in [0.25, 0.3) is 5.91 Å². The van der Waals surface area contributed by atoms with Crippen LogP contribution in [0.2, 0.25) is 10.0 Å². The van der Waals surface area contributed by atoms with Gasteiger partial charge < -0.3 is 14.5 Å². The minimum atomic E-state index is -0.992. The quantitative estimate of drug-likeness (QED) is 0.311. The molecule has 0 radical (unpaired) electrons. The van der Waals surface area contributed by atoms with Crippen LogP contribution >= 0.6 is 23.2 Å². The van der Waals surface area contributed by atoms with Gasteiger partial charge in [0.05, 0.1) is 10.4 Å². The summed E-state index contributed by atoms with van der Waals surface area (Å²) in [7, 11) is 0. The Morgan fingerprint density at radius 3 is 2.44 bits per heavy atom. The average Bonchev–Trinajstić information content (AvgIpc) is 2.83. The summed E-state index contributed by atoms with van der Waals surface area (Å²) in [6.07, 6.45) is -0.0896. The highest BCUT2D eigenvalue weighted by atomic mass is 35.5. The van der Waals surface area contributed by atoms with Gasteiger partial charge in [0.15, 0.2) is 11.9 Å². The van der Waals surface area contributed by atoms with Crippen LogP contribution in [0.15, 0.2) is 69.9 Å². The number of fused-ring (bicyclic) bond motifs is 1. The number of halogens is 2. The molecule has 1 aromatic heterocycles. The van der Waals surface area contributed by atoms with Crippen LogP contribution in [0.4, 0.5) is 5.69 Å². The van der Waals surface area contributed by atoms with E-state index in [1.165, 1.54) is 0 Å². The van der Waals surface area contributed by atoms with Crippen LogP contribution in [0.5, 0.6) is 5.75 Å². The van der Waals surface area contributed by atoms with Crippen molar-refractivity contribution in [2.24, 2.45) is 0 Å². The van der Waals surface area contributed by atoms with Gasteiger partial charge in [0, 0.05) is 16.3 Å². The highest BCUT2D eigenvalue weighted by molar-refractivity contribution is 6.33. The van der Waals surface area contributed by atoms with Crippen LogP contribution in [0.3, 0.4) is 0 Å². The van der Waals surface area contributed by atoms with Gasteiger partial charge in [-0.15, -0.1) is 0 Å². The van der Waals surface area contributed by atoms with Crippen molar-refractivity contribution in [1.29, 1.82) is 0 Å². The van der Waals surface area contributed by atoms with E-state index in [-0.39, 0.29) is 16.9 Å². The standard InChI is InChI=1S/C27H23Cl2NO4/c1-4-17-9-11-18(12-10-17)30-27(32)16(3)33-26-24(31)20-14-22(29)15(2)13-23(20)34-25(26)19-7-5-6-8-21(19)28/h5-14,16H,4H2,1-3H3,(H,30,32). The zero-order chi connectivity index (χ0) is 24.4. The van der Waals surface area contributed by atoms with Gasteiger partial charge in [-0.3, -0.25) is 9.59 Å². The van der Waals surface area contributed by atoms with Gasteiger partial charge in [-0.1, -0.05) is 54.4 Å². The molecule has 0 aliphatic carbocycles. The molecule has 5 nitrogen and oxygen atoms in total. The second-order valence-corrected chi connectivity index (χ2v) is 8.78. The van der Waals surface area contributed by atoms with Gasteiger partial charge in [0.1, 0.15) is 5.58 Å². The molecular formula is C27H23Cl2NO4. The van der Waals surface area contributed by atoms with Crippen molar-refractivity contribution >= 4 is 45.8 Å². The Balaban J connectivity index is 1.75. The number of carbonyl (C=O) groups is 1. The maximum Gasteiger partial charge on any atom is 0.265 e. The second kappa shape index (κ2) is 9.92. The summed E-state index contributed by atoms with van der Waals surface area (Å²) >= 11 is 12.7. The molecule has 0 aliphatic rings. The molecule has 1 heterocycles. The zero-order valence-electron chi connectivity index (χ0n) is 18.9. The lowest BCUT2D eigenvalue weighted by Crippen LogP contribution is -2.31. The van der Waals surface area contributed by atoms with Gasteiger partial charge in [-0.05, 0) is 67.8 Å². The molecule has 7 heteroatoms. The number of anilines is 1. The first kappa shape index (κ1) is 23.9. The lowest BCUT2D eigenvalue weighted by molar-refractivity contribution is -0.122. The monoisotopic (exact) mass is 495 g/mol. The van der Waals surface area contributed by atoms with Crippen LogP contribution in [0, 0.1) is 6.92 Å². The molecule has 0 spiro atoms. The highest BCUT2D eigenvalue weighted by Crippen LogP contribution is 2.36. The number of benzene rings is 3. The molecule has 0 bridgehead atoms. The van der Waals surface area contributed by atoms with E-state index in [0.29, 0.717) is 26.9 Å². The fourth-order valence-electron chi connectivity index (χ4n) is 3.53. The van der Waals surface area contributed by atoms with E-state index >= 15 is 0 Å². The molecule has 1 N–H and O–H groups in total. The third-order valence-electron chi connectivity index (χ3n) is 5.54. The predicted octanol–water partition coefficient (Wildman–Crippen LogP) is 7.04. The van der Waals surface area contributed by atoms with Crippen molar-refractivity contribution < 1.29 is 13.9 Å². The Morgan fingerprint density at radius 1 is 1.06 bits per heavy atom. The van der Waals surface area contributed by atoms with E-state index in [1.807, 2.05) is 31.2 Å². The lowest BCUT2D eigenvalue weighted by atomic mass is 10.1. The predicted molar refractivity (Wildman–Crippen MR) is 137 cm³/mol. The summed E-state index contributed by atoms with van der Waals surface area (Å²) in [5, 5.41) is 3.88. The first-order valence-corrected chi connectivity index (χ1v) is 11.6. The highest BCUT2D eigenvalue weighted by Gasteiger charge is 2.24. The summed E-state index contributed by atoms with van der Waals surface area (Å²) in [6.45, 7) is 5.45.